The molecule has 0 atom stereocenters. The average Bonchev–Trinajstić information content (AvgIpc) is 2.90. The molecule has 210 valence electrons. The highest BCUT2D eigenvalue weighted by Crippen LogP contribution is 2.33. The minimum atomic E-state index is -1.35. The van der Waals surface area contributed by atoms with Gasteiger partial charge in [-0.3, -0.25) is 4.94 Å². The van der Waals surface area contributed by atoms with E-state index in [1.54, 1.807) is 0 Å². The van der Waals surface area contributed by atoms with Gasteiger partial charge in [0.2, 0.25) is 0 Å². The van der Waals surface area contributed by atoms with Crippen molar-refractivity contribution in [1.29, 1.82) is 5.26 Å². The van der Waals surface area contributed by atoms with E-state index in [0.29, 0.717) is 37.5 Å². The van der Waals surface area contributed by atoms with Crippen molar-refractivity contribution >= 4 is 0 Å². The molecular formula is C27H23F8NO3. The Balaban J connectivity index is 0.000000320. The molecule has 0 bridgehead atoms. The van der Waals surface area contributed by atoms with E-state index in [4.69, 9.17) is 14.7 Å². The Labute approximate surface area is 219 Å². The molecule has 3 aromatic carbocycles. The number of ether oxygens (including phenoxy) is 2. The van der Waals surface area contributed by atoms with E-state index in [1.807, 2.05) is 20.8 Å². The van der Waals surface area contributed by atoms with Crippen molar-refractivity contribution in [3.63, 3.8) is 0 Å². The van der Waals surface area contributed by atoms with Crippen LogP contribution in [0.25, 0.3) is 11.1 Å². The van der Waals surface area contributed by atoms with Gasteiger partial charge in [-0.1, -0.05) is 20.8 Å². The van der Waals surface area contributed by atoms with E-state index in [2.05, 4.69) is 4.94 Å². The Bertz CT molecular complexity index is 1250. The Morgan fingerprint density at radius 1 is 0.821 bits per heavy atom. The zero-order chi connectivity index (χ0) is 29.3. The second-order valence-corrected chi connectivity index (χ2v) is 7.97. The van der Waals surface area contributed by atoms with Gasteiger partial charge in [0.25, 0.3) is 0 Å². The molecule has 0 radical (unpaired) electrons. The minimum absolute atomic E-state index is 0.131. The van der Waals surface area contributed by atoms with E-state index in [9.17, 15) is 35.3 Å². The van der Waals surface area contributed by atoms with Crippen LogP contribution in [0.4, 0.5) is 35.3 Å². The predicted molar refractivity (Wildman–Crippen MR) is 124 cm³/mol. The summed E-state index contributed by atoms with van der Waals surface area (Å²) >= 11 is 0. The monoisotopic (exact) mass is 561 g/mol. The van der Waals surface area contributed by atoms with Crippen LogP contribution in [-0.2, 0) is 16.1 Å². The lowest BCUT2D eigenvalue weighted by Crippen LogP contribution is -2.25. The number of nitriles is 1. The molecule has 0 spiro atoms. The SMILES string of the molecule is CC.CC1COC(c2cc(F)c(-c3cc(F)c(CF)c(F)c3)c(F)c2)OC1.N#Cc1c(F)cc(OF)cc1F. The van der Waals surface area contributed by atoms with Gasteiger partial charge < -0.3 is 9.47 Å². The zero-order valence-corrected chi connectivity index (χ0v) is 20.9. The zero-order valence-electron chi connectivity index (χ0n) is 20.9. The summed E-state index contributed by atoms with van der Waals surface area (Å²) < 4.78 is 116. The van der Waals surface area contributed by atoms with Crippen molar-refractivity contribution in [1.82, 2.24) is 0 Å². The van der Waals surface area contributed by atoms with Gasteiger partial charge in [-0.2, -0.15) is 5.26 Å². The smallest absolute Gasteiger partial charge is 0.184 e. The summed E-state index contributed by atoms with van der Waals surface area (Å²) in [4.78, 5) is 3.09. The highest BCUT2D eigenvalue weighted by Gasteiger charge is 2.25. The fourth-order valence-electron chi connectivity index (χ4n) is 3.37. The number of hydrogen-bond acceptors (Lipinski definition) is 4. The van der Waals surface area contributed by atoms with E-state index in [0.717, 1.165) is 12.1 Å². The van der Waals surface area contributed by atoms with Gasteiger partial charge in [0.05, 0.1) is 24.3 Å². The van der Waals surface area contributed by atoms with Gasteiger partial charge in [-0.15, -0.1) is 0 Å². The largest absolute Gasteiger partial charge is 0.348 e. The van der Waals surface area contributed by atoms with Crippen LogP contribution in [0.1, 0.15) is 43.8 Å². The lowest BCUT2D eigenvalue weighted by atomic mass is 10.00. The Morgan fingerprint density at radius 3 is 1.72 bits per heavy atom. The summed E-state index contributed by atoms with van der Waals surface area (Å²) in [6.45, 7) is 5.33. The number of benzene rings is 3. The van der Waals surface area contributed by atoms with Gasteiger partial charge in [-0.05, 0) is 29.8 Å². The molecule has 0 aliphatic carbocycles. The van der Waals surface area contributed by atoms with Crippen molar-refractivity contribution in [3.8, 4) is 22.9 Å². The second kappa shape index (κ2) is 14.5. The normalized spacial score (nSPS) is 16.3. The van der Waals surface area contributed by atoms with Gasteiger partial charge in [0, 0.05) is 28.1 Å². The Morgan fingerprint density at radius 2 is 1.31 bits per heavy atom. The van der Waals surface area contributed by atoms with Crippen molar-refractivity contribution < 1.29 is 49.7 Å². The molecule has 0 unspecified atom stereocenters. The number of rotatable bonds is 4. The maximum Gasteiger partial charge on any atom is 0.184 e. The maximum atomic E-state index is 14.4. The van der Waals surface area contributed by atoms with Crippen molar-refractivity contribution in [2.24, 2.45) is 5.92 Å². The molecule has 1 aliphatic heterocycles. The third-order valence-corrected chi connectivity index (χ3v) is 5.18. The first-order chi connectivity index (χ1) is 18.6. The first-order valence-corrected chi connectivity index (χ1v) is 11.5. The summed E-state index contributed by atoms with van der Waals surface area (Å²) in [5.41, 5.74) is -2.36. The number of hydrogen-bond donors (Lipinski definition) is 0. The topological polar surface area (TPSA) is 51.5 Å². The molecule has 1 aliphatic rings. The second-order valence-electron chi connectivity index (χ2n) is 7.97. The standard InChI is InChI=1S/C18H15F5O2.C7H2F3NO.C2H6/c1-9-7-24-18(25-8-9)11-4-15(22)17(16(23)5-11)10-2-13(20)12(6-19)14(21)3-10;8-6-1-4(12-10)2-7(9)5(6)3-11;1-2/h2-5,9,18H,6-8H2,1H3;1-2H;1-2H3. The average molecular weight is 561 g/mol. The van der Waals surface area contributed by atoms with Crippen molar-refractivity contribution in [3.05, 3.63) is 88.0 Å². The molecule has 1 heterocycles. The van der Waals surface area contributed by atoms with Crippen molar-refractivity contribution in [2.45, 2.75) is 33.7 Å². The minimum Gasteiger partial charge on any atom is -0.348 e. The van der Waals surface area contributed by atoms with E-state index < -0.39 is 70.3 Å². The van der Waals surface area contributed by atoms with Crippen LogP contribution in [0.5, 0.6) is 5.75 Å². The van der Waals surface area contributed by atoms with E-state index >= 15 is 0 Å². The molecule has 1 fully saturated rings. The van der Waals surface area contributed by atoms with Gasteiger partial charge in [-0.25, -0.2) is 30.7 Å². The lowest BCUT2D eigenvalue weighted by Gasteiger charge is -2.27. The van der Waals surface area contributed by atoms with Crippen LogP contribution in [0.15, 0.2) is 36.4 Å². The van der Waals surface area contributed by atoms with Crippen LogP contribution in [0, 0.1) is 52.2 Å². The van der Waals surface area contributed by atoms with Crippen LogP contribution >= 0.6 is 0 Å². The molecule has 39 heavy (non-hydrogen) atoms. The highest BCUT2D eigenvalue weighted by molar-refractivity contribution is 5.66. The first kappa shape index (κ1) is 31.5. The lowest BCUT2D eigenvalue weighted by molar-refractivity contribution is -0.202. The maximum absolute atomic E-state index is 14.4. The molecule has 0 aromatic heterocycles. The van der Waals surface area contributed by atoms with Gasteiger partial charge in [0.15, 0.2) is 12.0 Å². The third kappa shape index (κ3) is 7.68. The molecule has 4 nitrogen and oxygen atoms in total. The summed E-state index contributed by atoms with van der Waals surface area (Å²) in [7, 11) is 0. The fourth-order valence-corrected chi connectivity index (χ4v) is 3.37. The van der Waals surface area contributed by atoms with E-state index in [-0.39, 0.29) is 17.0 Å². The predicted octanol–water partition coefficient (Wildman–Crippen LogP) is 8.19. The van der Waals surface area contributed by atoms with Crippen molar-refractivity contribution in [2.75, 3.05) is 13.2 Å². The molecule has 0 saturated carbocycles. The summed E-state index contributed by atoms with van der Waals surface area (Å²) in [6.07, 6.45) is -0.906. The fraction of sp³-hybridized carbons (Fsp3) is 0.296. The number of nitrogens with zero attached hydrogens (tertiary/aromatic N) is 1. The van der Waals surface area contributed by atoms with E-state index in [1.165, 1.54) is 6.07 Å². The number of alkyl halides is 1. The quantitative estimate of drug-likeness (QED) is 0.302. The van der Waals surface area contributed by atoms with Gasteiger partial charge in [0.1, 0.15) is 53.2 Å². The molecule has 0 N–H and O–H groups in total. The molecule has 4 rings (SSSR count). The third-order valence-electron chi connectivity index (χ3n) is 5.18. The van der Waals surface area contributed by atoms with Crippen LogP contribution < -0.4 is 4.94 Å². The summed E-state index contributed by atoms with van der Waals surface area (Å²) in [6, 6.07) is 5.86. The highest BCUT2D eigenvalue weighted by atomic mass is 19.3. The molecule has 12 heteroatoms. The van der Waals surface area contributed by atoms with Crippen LogP contribution in [-0.4, -0.2) is 13.2 Å². The Hall–Kier alpha value is -3.69. The summed E-state index contributed by atoms with van der Waals surface area (Å²) in [5.74, 6) is -7.17. The Kier molecular flexibility index (Phi) is 11.7. The molecule has 1 saturated heterocycles. The number of halogens is 8. The van der Waals surface area contributed by atoms with Crippen LogP contribution in [0.3, 0.4) is 0 Å². The molecule has 3 aromatic rings. The first-order valence-electron chi connectivity index (χ1n) is 11.5. The molecular weight excluding hydrogens is 538 g/mol. The molecule has 0 amide bonds. The van der Waals surface area contributed by atoms with Gasteiger partial charge >= 0.3 is 0 Å². The van der Waals surface area contributed by atoms with Crippen LogP contribution in [0.2, 0.25) is 0 Å². The summed E-state index contributed by atoms with van der Waals surface area (Å²) in [5, 5.41) is 8.20.